The van der Waals surface area contributed by atoms with Crippen molar-refractivity contribution in [1.29, 1.82) is 0 Å². The van der Waals surface area contributed by atoms with Crippen molar-refractivity contribution in [1.82, 2.24) is 4.98 Å². The zero-order chi connectivity index (χ0) is 11.1. The summed E-state index contributed by atoms with van der Waals surface area (Å²) < 4.78 is 18.9. The second-order valence-electron chi connectivity index (χ2n) is 3.89. The zero-order valence-corrected chi connectivity index (χ0v) is 8.66. The zero-order valence-electron chi connectivity index (χ0n) is 8.66. The van der Waals surface area contributed by atoms with Gasteiger partial charge in [-0.15, -0.1) is 0 Å². The molecule has 0 fully saturated rings. The number of benzene rings is 1. The van der Waals surface area contributed by atoms with Crippen LogP contribution in [0.4, 0.5) is 10.1 Å². The van der Waals surface area contributed by atoms with Crippen LogP contribution in [0.25, 0.3) is 10.9 Å². The van der Waals surface area contributed by atoms with Crippen molar-refractivity contribution >= 4 is 16.6 Å². The second-order valence-corrected chi connectivity index (χ2v) is 3.89. The van der Waals surface area contributed by atoms with Gasteiger partial charge in [0, 0.05) is 23.1 Å². The van der Waals surface area contributed by atoms with E-state index in [1.807, 2.05) is 0 Å². The molecule has 2 heterocycles. The quantitative estimate of drug-likeness (QED) is 0.736. The average Bonchev–Trinajstić information content (AvgIpc) is 2.31. The number of ether oxygens (including phenoxy) is 1. The van der Waals surface area contributed by atoms with Crippen LogP contribution < -0.4 is 5.73 Å². The van der Waals surface area contributed by atoms with Gasteiger partial charge in [0.2, 0.25) is 0 Å². The maximum absolute atomic E-state index is 13.6. The van der Waals surface area contributed by atoms with Gasteiger partial charge in [-0.3, -0.25) is 0 Å². The van der Waals surface area contributed by atoms with E-state index in [9.17, 15) is 4.39 Å². The normalized spacial score (nSPS) is 15.1. The fraction of sp³-hybridized carbons (Fsp3) is 0.250. The lowest BCUT2D eigenvalue weighted by Crippen LogP contribution is -2.14. The summed E-state index contributed by atoms with van der Waals surface area (Å²) in [5.74, 6) is -0.321. The minimum absolute atomic E-state index is 0.321. The molecule has 3 nitrogen and oxygen atoms in total. The number of nitrogens with zero attached hydrogens (tertiary/aromatic N) is 1. The van der Waals surface area contributed by atoms with Crippen molar-refractivity contribution in [2.45, 2.75) is 13.0 Å². The summed E-state index contributed by atoms with van der Waals surface area (Å²) in [7, 11) is 0. The van der Waals surface area contributed by atoms with E-state index < -0.39 is 0 Å². The maximum Gasteiger partial charge on any atom is 0.149 e. The molecular formula is C12H11FN2O. The van der Waals surface area contributed by atoms with Crippen LogP contribution in [0.15, 0.2) is 18.2 Å². The summed E-state index contributed by atoms with van der Waals surface area (Å²) in [5.41, 5.74) is 8.75. The second kappa shape index (κ2) is 3.42. The number of para-hydroxylation sites is 1. The molecule has 0 unspecified atom stereocenters. The van der Waals surface area contributed by atoms with Crippen LogP contribution in [0.2, 0.25) is 0 Å². The monoisotopic (exact) mass is 218 g/mol. The molecule has 1 aliphatic heterocycles. The molecule has 0 saturated heterocycles. The highest BCUT2D eigenvalue weighted by molar-refractivity contribution is 5.92. The lowest BCUT2D eigenvalue weighted by molar-refractivity contribution is 0.110. The molecule has 0 atom stereocenters. The Balaban J connectivity index is 2.39. The van der Waals surface area contributed by atoms with Crippen molar-refractivity contribution in [2.75, 3.05) is 12.3 Å². The molecule has 1 aromatic heterocycles. The number of pyridine rings is 1. The predicted octanol–water partition coefficient (Wildman–Crippen LogP) is 2.03. The first kappa shape index (κ1) is 9.54. The fourth-order valence-corrected chi connectivity index (χ4v) is 2.08. The molecule has 16 heavy (non-hydrogen) atoms. The first-order valence-corrected chi connectivity index (χ1v) is 5.20. The van der Waals surface area contributed by atoms with Crippen LogP contribution in [-0.2, 0) is 17.8 Å². The fourth-order valence-electron chi connectivity index (χ4n) is 2.08. The third kappa shape index (κ3) is 1.27. The summed E-state index contributed by atoms with van der Waals surface area (Å²) in [4.78, 5) is 4.34. The molecule has 2 N–H and O–H groups in total. The highest BCUT2D eigenvalue weighted by atomic mass is 19.1. The molecule has 0 radical (unpaired) electrons. The molecule has 0 bridgehead atoms. The SMILES string of the molecule is Nc1c2c(nc3c(F)cccc13)CCOC2. The maximum atomic E-state index is 13.6. The molecule has 2 aromatic rings. The Labute approximate surface area is 92.0 Å². The lowest BCUT2D eigenvalue weighted by atomic mass is 10.0. The molecule has 1 aromatic carbocycles. The third-order valence-corrected chi connectivity index (χ3v) is 2.93. The standard InChI is InChI=1S/C12H11FN2O/c13-9-3-1-2-7-11(14)8-6-16-5-4-10(8)15-12(7)9/h1-3H,4-6H2,(H2,14,15). The van der Waals surface area contributed by atoms with Crippen molar-refractivity contribution < 1.29 is 9.13 Å². The van der Waals surface area contributed by atoms with Crippen molar-refractivity contribution in [3.63, 3.8) is 0 Å². The van der Waals surface area contributed by atoms with Crippen LogP contribution in [0.5, 0.6) is 0 Å². The number of fused-ring (bicyclic) bond motifs is 2. The van der Waals surface area contributed by atoms with Gasteiger partial charge >= 0.3 is 0 Å². The number of rotatable bonds is 0. The van der Waals surface area contributed by atoms with Crippen LogP contribution in [0, 0.1) is 5.82 Å². The van der Waals surface area contributed by atoms with Gasteiger partial charge in [0.15, 0.2) is 0 Å². The van der Waals surface area contributed by atoms with Gasteiger partial charge in [-0.25, -0.2) is 9.37 Å². The summed E-state index contributed by atoms with van der Waals surface area (Å²) in [6.45, 7) is 1.10. The first-order chi connectivity index (χ1) is 7.77. The van der Waals surface area contributed by atoms with Gasteiger partial charge in [0.25, 0.3) is 0 Å². The molecule has 1 aliphatic rings. The Hall–Kier alpha value is -1.68. The van der Waals surface area contributed by atoms with E-state index in [2.05, 4.69) is 4.98 Å². The lowest BCUT2D eigenvalue weighted by Gasteiger charge is -2.18. The molecule has 0 spiro atoms. The van der Waals surface area contributed by atoms with Gasteiger partial charge < -0.3 is 10.5 Å². The molecule has 4 heteroatoms. The topological polar surface area (TPSA) is 48.1 Å². The molecule has 3 rings (SSSR count). The smallest absolute Gasteiger partial charge is 0.149 e. The Morgan fingerprint density at radius 1 is 1.38 bits per heavy atom. The van der Waals surface area contributed by atoms with E-state index in [0.29, 0.717) is 36.2 Å². The van der Waals surface area contributed by atoms with Crippen LogP contribution in [0.1, 0.15) is 11.3 Å². The first-order valence-electron chi connectivity index (χ1n) is 5.20. The Kier molecular flexibility index (Phi) is 2.04. The van der Waals surface area contributed by atoms with Gasteiger partial charge in [-0.05, 0) is 6.07 Å². The van der Waals surface area contributed by atoms with E-state index in [-0.39, 0.29) is 5.82 Å². The Morgan fingerprint density at radius 3 is 3.12 bits per heavy atom. The van der Waals surface area contributed by atoms with Gasteiger partial charge in [0.05, 0.1) is 18.9 Å². The molecule has 0 amide bonds. The third-order valence-electron chi connectivity index (χ3n) is 2.93. The van der Waals surface area contributed by atoms with Gasteiger partial charge in [0.1, 0.15) is 11.3 Å². The highest BCUT2D eigenvalue weighted by Crippen LogP contribution is 2.29. The van der Waals surface area contributed by atoms with E-state index in [1.165, 1.54) is 6.07 Å². The summed E-state index contributed by atoms with van der Waals surface area (Å²) in [6.07, 6.45) is 0.698. The van der Waals surface area contributed by atoms with Crippen LogP contribution >= 0.6 is 0 Å². The van der Waals surface area contributed by atoms with Crippen molar-refractivity contribution in [3.05, 3.63) is 35.3 Å². The molecule has 0 aliphatic carbocycles. The van der Waals surface area contributed by atoms with Crippen molar-refractivity contribution in [2.24, 2.45) is 0 Å². The van der Waals surface area contributed by atoms with E-state index in [1.54, 1.807) is 12.1 Å². The number of hydrogen-bond donors (Lipinski definition) is 1. The van der Waals surface area contributed by atoms with E-state index in [4.69, 9.17) is 10.5 Å². The van der Waals surface area contributed by atoms with Crippen LogP contribution in [0.3, 0.4) is 0 Å². The molecule has 82 valence electrons. The summed E-state index contributed by atoms with van der Waals surface area (Å²) >= 11 is 0. The van der Waals surface area contributed by atoms with E-state index in [0.717, 1.165) is 11.3 Å². The number of nitrogen functional groups attached to an aromatic ring is 1. The average molecular weight is 218 g/mol. The van der Waals surface area contributed by atoms with E-state index >= 15 is 0 Å². The number of aromatic nitrogens is 1. The number of halogens is 1. The molecular weight excluding hydrogens is 207 g/mol. The van der Waals surface area contributed by atoms with Gasteiger partial charge in [-0.1, -0.05) is 12.1 Å². The number of anilines is 1. The number of hydrogen-bond acceptors (Lipinski definition) is 3. The number of nitrogens with two attached hydrogens (primary N) is 1. The minimum Gasteiger partial charge on any atom is -0.398 e. The van der Waals surface area contributed by atoms with Gasteiger partial charge in [-0.2, -0.15) is 0 Å². The Bertz CT molecular complexity index is 568. The summed E-state index contributed by atoms with van der Waals surface area (Å²) in [6, 6.07) is 4.84. The Morgan fingerprint density at radius 2 is 2.25 bits per heavy atom. The van der Waals surface area contributed by atoms with Crippen molar-refractivity contribution in [3.8, 4) is 0 Å². The summed E-state index contributed by atoms with van der Waals surface area (Å²) in [5, 5.41) is 0.671. The molecule has 0 saturated carbocycles. The van der Waals surface area contributed by atoms with Crippen LogP contribution in [-0.4, -0.2) is 11.6 Å². The highest BCUT2D eigenvalue weighted by Gasteiger charge is 2.17. The minimum atomic E-state index is -0.321. The predicted molar refractivity (Wildman–Crippen MR) is 59.5 cm³/mol. The largest absolute Gasteiger partial charge is 0.398 e.